The van der Waals surface area contributed by atoms with Crippen LogP contribution in [0.1, 0.15) is 20.8 Å². The Morgan fingerprint density at radius 1 is 1.47 bits per heavy atom. The van der Waals surface area contributed by atoms with Gasteiger partial charge in [0.1, 0.15) is 5.82 Å². The molecule has 4 heteroatoms. The third-order valence-corrected chi connectivity index (χ3v) is 3.17. The molecule has 0 aromatic heterocycles. The fraction of sp³-hybridized carbons (Fsp3) is 0.455. The minimum absolute atomic E-state index is 0.209. The van der Waals surface area contributed by atoms with E-state index in [2.05, 4.69) is 18.7 Å². The van der Waals surface area contributed by atoms with Crippen LogP contribution in [0.5, 0.6) is 0 Å². The van der Waals surface area contributed by atoms with Crippen molar-refractivity contribution in [2.24, 2.45) is 0 Å². The van der Waals surface area contributed by atoms with Gasteiger partial charge in [-0.25, -0.2) is 4.39 Å². The summed E-state index contributed by atoms with van der Waals surface area (Å²) in [6, 6.07) is 3.51. The SMILES string of the molecule is CCN(c1cc(F)c(I)cc1N)C(C)C. The van der Waals surface area contributed by atoms with Crippen LogP contribution in [0.3, 0.4) is 0 Å². The molecule has 0 aliphatic heterocycles. The number of benzene rings is 1. The summed E-state index contributed by atoms with van der Waals surface area (Å²) < 4.78 is 14.0. The summed E-state index contributed by atoms with van der Waals surface area (Å²) in [7, 11) is 0. The van der Waals surface area contributed by atoms with Crippen LogP contribution in [0.25, 0.3) is 0 Å². The summed E-state index contributed by atoms with van der Waals surface area (Å²) >= 11 is 1.95. The van der Waals surface area contributed by atoms with Gasteiger partial charge in [0.2, 0.25) is 0 Å². The normalized spacial score (nSPS) is 10.8. The summed E-state index contributed by atoms with van der Waals surface area (Å²) in [6.45, 7) is 6.99. The Morgan fingerprint density at radius 3 is 2.53 bits per heavy atom. The van der Waals surface area contributed by atoms with E-state index >= 15 is 0 Å². The molecule has 1 aromatic rings. The third kappa shape index (κ3) is 2.74. The van der Waals surface area contributed by atoms with Crippen molar-refractivity contribution < 1.29 is 4.39 Å². The van der Waals surface area contributed by atoms with Gasteiger partial charge in [0, 0.05) is 18.7 Å². The van der Waals surface area contributed by atoms with E-state index in [-0.39, 0.29) is 5.82 Å². The number of hydrogen-bond acceptors (Lipinski definition) is 2. The van der Waals surface area contributed by atoms with Crippen LogP contribution >= 0.6 is 22.6 Å². The molecule has 0 radical (unpaired) electrons. The lowest BCUT2D eigenvalue weighted by Crippen LogP contribution is -2.31. The Labute approximate surface area is 104 Å². The van der Waals surface area contributed by atoms with Crippen molar-refractivity contribution in [3.05, 3.63) is 21.5 Å². The molecule has 0 bridgehead atoms. The molecule has 0 aliphatic rings. The molecule has 0 aliphatic carbocycles. The van der Waals surface area contributed by atoms with Crippen molar-refractivity contribution in [2.75, 3.05) is 17.2 Å². The predicted molar refractivity (Wildman–Crippen MR) is 71.7 cm³/mol. The molecule has 2 N–H and O–H groups in total. The maximum atomic E-state index is 13.4. The average molecular weight is 322 g/mol. The van der Waals surface area contributed by atoms with Crippen LogP contribution in [-0.4, -0.2) is 12.6 Å². The Morgan fingerprint density at radius 2 is 2.07 bits per heavy atom. The zero-order chi connectivity index (χ0) is 11.6. The summed E-state index contributed by atoms with van der Waals surface area (Å²) in [5, 5.41) is 0. The van der Waals surface area contributed by atoms with Crippen LogP contribution < -0.4 is 10.6 Å². The number of halogens is 2. The van der Waals surface area contributed by atoms with Gasteiger partial charge >= 0.3 is 0 Å². The number of nitrogen functional groups attached to an aromatic ring is 1. The fourth-order valence-electron chi connectivity index (χ4n) is 1.61. The van der Waals surface area contributed by atoms with Crippen molar-refractivity contribution in [1.29, 1.82) is 0 Å². The minimum atomic E-state index is -0.209. The number of anilines is 2. The third-order valence-electron chi connectivity index (χ3n) is 2.34. The van der Waals surface area contributed by atoms with E-state index in [1.54, 1.807) is 6.07 Å². The Hall–Kier alpha value is -0.520. The van der Waals surface area contributed by atoms with Gasteiger partial charge in [0.05, 0.1) is 14.9 Å². The lowest BCUT2D eigenvalue weighted by molar-refractivity contribution is 0.617. The van der Waals surface area contributed by atoms with E-state index in [1.807, 2.05) is 29.5 Å². The molecule has 0 unspecified atom stereocenters. The van der Waals surface area contributed by atoms with Gasteiger partial charge in [-0.3, -0.25) is 0 Å². The first kappa shape index (κ1) is 12.5. The van der Waals surface area contributed by atoms with Gasteiger partial charge in [-0.2, -0.15) is 0 Å². The molecule has 0 spiro atoms. The molecule has 2 nitrogen and oxygen atoms in total. The molecule has 15 heavy (non-hydrogen) atoms. The largest absolute Gasteiger partial charge is 0.397 e. The van der Waals surface area contributed by atoms with E-state index in [0.29, 0.717) is 15.3 Å². The minimum Gasteiger partial charge on any atom is -0.397 e. The summed E-state index contributed by atoms with van der Waals surface area (Å²) in [6.07, 6.45) is 0. The van der Waals surface area contributed by atoms with Gasteiger partial charge in [0.15, 0.2) is 0 Å². The maximum Gasteiger partial charge on any atom is 0.138 e. The van der Waals surface area contributed by atoms with Crippen molar-refractivity contribution in [3.63, 3.8) is 0 Å². The maximum absolute atomic E-state index is 13.4. The highest BCUT2D eigenvalue weighted by atomic mass is 127. The lowest BCUT2D eigenvalue weighted by Gasteiger charge is -2.28. The second kappa shape index (κ2) is 5.01. The summed E-state index contributed by atoms with van der Waals surface area (Å²) in [5.41, 5.74) is 7.31. The Balaban J connectivity index is 3.18. The van der Waals surface area contributed by atoms with Crippen LogP contribution in [0.2, 0.25) is 0 Å². The number of hydrogen-bond donors (Lipinski definition) is 1. The fourth-order valence-corrected chi connectivity index (χ4v) is 2.11. The first-order valence-electron chi connectivity index (χ1n) is 4.98. The number of nitrogens with two attached hydrogens (primary N) is 1. The van der Waals surface area contributed by atoms with Gasteiger partial charge in [-0.1, -0.05) is 0 Å². The Bertz CT molecular complexity index is 353. The van der Waals surface area contributed by atoms with Gasteiger partial charge in [0.25, 0.3) is 0 Å². The van der Waals surface area contributed by atoms with Crippen molar-refractivity contribution >= 4 is 34.0 Å². The molecule has 0 heterocycles. The molecule has 0 atom stereocenters. The summed E-state index contributed by atoms with van der Waals surface area (Å²) in [5.74, 6) is -0.209. The Kier molecular flexibility index (Phi) is 4.19. The van der Waals surface area contributed by atoms with Gasteiger partial charge < -0.3 is 10.6 Å². The molecular weight excluding hydrogens is 306 g/mol. The van der Waals surface area contributed by atoms with Crippen LogP contribution in [0.4, 0.5) is 15.8 Å². The van der Waals surface area contributed by atoms with E-state index < -0.39 is 0 Å². The van der Waals surface area contributed by atoms with E-state index in [1.165, 1.54) is 6.07 Å². The highest BCUT2D eigenvalue weighted by Crippen LogP contribution is 2.28. The van der Waals surface area contributed by atoms with Gasteiger partial charge in [-0.15, -0.1) is 0 Å². The standard InChI is InChI=1S/C11H16FIN2/c1-4-15(7(2)3)11-5-8(12)9(13)6-10(11)14/h5-7H,4,14H2,1-3H3. The molecule has 1 rings (SSSR count). The van der Waals surface area contributed by atoms with Crippen LogP contribution in [0, 0.1) is 9.39 Å². The molecular formula is C11H16FIN2. The molecule has 84 valence electrons. The topological polar surface area (TPSA) is 29.3 Å². The van der Waals surface area contributed by atoms with Crippen molar-refractivity contribution in [3.8, 4) is 0 Å². The molecule has 0 saturated heterocycles. The second-order valence-corrected chi connectivity index (χ2v) is 4.87. The van der Waals surface area contributed by atoms with Gasteiger partial charge in [-0.05, 0) is 49.4 Å². The van der Waals surface area contributed by atoms with E-state index in [4.69, 9.17) is 5.73 Å². The number of nitrogens with zero attached hydrogens (tertiary/aromatic N) is 1. The molecule has 0 saturated carbocycles. The zero-order valence-corrected chi connectivity index (χ0v) is 11.4. The van der Waals surface area contributed by atoms with E-state index in [0.717, 1.165) is 12.2 Å². The first-order chi connectivity index (χ1) is 6.97. The monoisotopic (exact) mass is 322 g/mol. The summed E-state index contributed by atoms with van der Waals surface area (Å²) in [4.78, 5) is 2.08. The van der Waals surface area contributed by atoms with E-state index in [9.17, 15) is 4.39 Å². The van der Waals surface area contributed by atoms with Crippen LogP contribution in [0.15, 0.2) is 12.1 Å². The average Bonchev–Trinajstić information content (AvgIpc) is 2.14. The predicted octanol–water partition coefficient (Wildman–Crippen LogP) is 3.25. The molecule has 1 aromatic carbocycles. The lowest BCUT2D eigenvalue weighted by atomic mass is 10.2. The highest BCUT2D eigenvalue weighted by molar-refractivity contribution is 14.1. The number of rotatable bonds is 3. The quantitative estimate of drug-likeness (QED) is 0.684. The highest BCUT2D eigenvalue weighted by Gasteiger charge is 2.14. The first-order valence-corrected chi connectivity index (χ1v) is 6.06. The van der Waals surface area contributed by atoms with Crippen molar-refractivity contribution in [1.82, 2.24) is 0 Å². The van der Waals surface area contributed by atoms with Crippen LogP contribution in [-0.2, 0) is 0 Å². The zero-order valence-electron chi connectivity index (χ0n) is 9.22. The molecule has 0 amide bonds. The molecule has 0 fully saturated rings. The smallest absolute Gasteiger partial charge is 0.138 e. The van der Waals surface area contributed by atoms with Crippen molar-refractivity contribution in [2.45, 2.75) is 26.8 Å². The second-order valence-electron chi connectivity index (χ2n) is 3.70.